The highest BCUT2D eigenvalue weighted by Crippen LogP contribution is 2.14. The standard InChI is InChI=1S/C16H23NO4/c1-3-20-11-9-17-16(19)8-5-10-21-15-7-4-6-14(12-15)13(2)18/h4,6-7,12H,3,5,8-11H2,1-2H3,(H,17,19). The Bertz CT molecular complexity index is 459. The van der Waals surface area contributed by atoms with Crippen LogP contribution in [0.1, 0.15) is 37.0 Å². The maximum Gasteiger partial charge on any atom is 0.220 e. The molecule has 0 unspecified atom stereocenters. The van der Waals surface area contributed by atoms with Gasteiger partial charge in [0, 0.05) is 25.1 Å². The summed E-state index contributed by atoms with van der Waals surface area (Å²) in [5.74, 6) is 0.657. The summed E-state index contributed by atoms with van der Waals surface area (Å²) in [4.78, 5) is 22.7. The van der Waals surface area contributed by atoms with Crippen molar-refractivity contribution < 1.29 is 19.1 Å². The Morgan fingerprint density at radius 2 is 2.05 bits per heavy atom. The van der Waals surface area contributed by atoms with Crippen LogP contribution >= 0.6 is 0 Å². The lowest BCUT2D eigenvalue weighted by Gasteiger charge is -2.08. The minimum absolute atomic E-state index is 0.00390. The number of carbonyl (C=O) groups excluding carboxylic acids is 2. The molecule has 0 bridgehead atoms. The molecule has 5 heteroatoms. The number of ketones is 1. The quantitative estimate of drug-likeness (QED) is 0.530. The molecule has 0 saturated carbocycles. The summed E-state index contributed by atoms with van der Waals surface area (Å²) in [6.07, 6.45) is 1.04. The van der Waals surface area contributed by atoms with Crippen LogP contribution in [0.4, 0.5) is 0 Å². The van der Waals surface area contributed by atoms with Gasteiger partial charge in [-0.3, -0.25) is 9.59 Å². The molecule has 0 aliphatic heterocycles. The van der Waals surface area contributed by atoms with Gasteiger partial charge < -0.3 is 14.8 Å². The highest BCUT2D eigenvalue weighted by atomic mass is 16.5. The molecule has 1 N–H and O–H groups in total. The second-order valence-corrected chi connectivity index (χ2v) is 4.58. The Labute approximate surface area is 125 Å². The van der Waals surface area contributed by atoms with Gasteiger partial charge in [0.15, 0.2) is 5.78 Å². The molecule has 0 aliphatic carbocycles. The molecule has 0 radical (unpaired) electrons. The third kappa shape index (κ3) is 7.46. The molecule has 5 nitrogen and oxygen atoms in total. The summed E-state index contributed by atoms with van der Waals surface area (Å²) in [7, 11) is 0. The number of rotatable bonds is 10. The topological polar surface area (TPSA) is 64.6 Å². The van der Waals surface area contributed by atoms with Crippen LogP contribution in [0.25, 0.3) is 0 Å². The van der Waals surface area contributed by atoms with Gasteiger partial charge in [0.1, 0.15) is 5.75 Å². The average Bonchev–Trinajstić information content (AvgIpc) is 2.48. The van der Waals surface area contributed by atoms with E-state index in [1.807, 2.05) is 6.92 Å². The number of benzene rings is 1. The largest absolute Gasteiger partial charge is 0.494 e. The highest BCUT2D eigenvalue weighted by Gasteiger charge is 2.03. The minimum Gasteiger partial charge on any atom is -0.494 e. The number of Topliss-reactive ketones (excluding diaryl/α,β-unsaturated/α-hetero) is 1. The van der Waals surface area contributed by atoms with Crippen molar-refractivity contribution >= 4 is 11.7 Å². The molecule has 1 aromatic rings. The zero-order valence-corrected chi connectivity index (χ0v) is 12.7. The van der Waals surface area contributed by atoms with Crippen LogP contribution in [0.5, 0.6) is 5.75 Å². The van der Waals surface area contributed by atoms with E-state index >= 15 is 0 Å². The zero-order valence-electron chi connectivity index (χ0n) is 12.7. The van der Waals surface area contributed by atoms with Crippen LogP contribution in [-0.2, 0) is 9.53 Å². The Balaban J connectivity index is 2.17. The summed E-state index contributed by atoms with van der Waals surface area (Å²) in [6, 6.07) is 7.05. The molecule has 0 aromatic heterocycles. The first-order valence-corrected chi connectivity index (χ1v) is 7.21. The fraction of sp³-hybridized carbons (Fsp3) is 0.500. The van der Waals surface area contributed by atoms with E-state index in [4.69, 9.17) is 9.47 Å². The van der Waals surface area contributed by atoms with Gasteiger partial charge in [0.2, 0.25) is 5.91 Å². The van der Waals surface area contributed by atoms with E-state index in [1.54, 1.807) is 24.3 Å². The lowest BCUT2D eigenvalue weighted by Crippen LogP contribution is -2.27. The lowest BCUT2D eigenvalue weighted by molar-refractivity contribution is -0.121. The average molecular weight is 293 g/mol. The van der Waals surface area contributed by atoms with E-state index in [0.29, 0.717) is 50.5 Å². The van der Waals surface area contributed by atoms with Crippen LogP contribution in [-0.4, -0.2) is 38.1 Å². The molecule has 21 heavy (non-hydrogen) atoms. The van der Waals surface area contributed by atoms with Gasteiger partial charge in [-0.1, -0.05) is 12.1 Å². The third-order valence-electron chi connectivity index (χ3n) is 2.83. The summed E-state index contributed by atoms with van der Waals surface area (Å²) >= 11 is 0. The molecular weight excluding hydrogens is 270 g/mol. The van der Waals surface area contributed by atoms with E-state index in [0.717, 1.165) is 0 Å². The number of hydrogen-bond acceptors (Lipinski definition) is 4. The SMILES string of the molecule is CCOCCNC(=O)CCCOc1cccc(C(C)=O)c1. The van der Waals surface area contributed by atoms with E-state index in [2.05, 4.69) is 5.32 Å². The first kappa shape index (κ1) is 17.2. The zero-order chi connectivity index (χ0) is 15.5. The van der Waals surface area contributed by atoms with Gasteiger partial charge in [-0.05, 0) is 32.4 Å². The van der Waals surface area contributed by atoms with Crippen LogP contribution < -0.4 is 10.1 Å². The van der Waals surface area contributed by atoms with Gasteiger partial charge in [-0.2, -0.15) is 0 Å². The number of hydrogen-bond donors (Lipinski definition) is 1. The maximum absolute atomic E-state index is 11.5. The maximum atomic E-state index is 11.5. The molecule has 0 aliphatic rings. The number of carbonyl (C=O) groups is 2. The lowest BCUT2D eigenvalue weighted by atomic mass is 10.1. The Morgan fingerprint density at radius 3 is 2.76 bits per heavy atom. The fourth-order valence-electron chi connectivity index (χ4n) is 1.72. The van der Waals surface area contributed by atoms with Gasteiger partial charge in [0.25, 0.3) is 0 Å². The minimum atomic E-state index is -0.00390. The van der Waals surface area contributed by atoms with Crippen molar-refractivity contribution in [3.05, 3.63) is 29.8 Å². The molecule has 0 spiro atoms. The number of nitrogens with one attached hydrogen (secondary N) is 1. The smallest absolute Gasteiger partial charge is 0.220 e. The molecule has 0 fully saturated rings. The molecule has 1 aromatic carbocycles. The van der Waals surface area contributed by atoms with Crippen LogP contribution in [0, 0.1) is 0 Å². The van der Waals surface area contributed by atoms with Crippen LogP contribution in [0.15, 0.2) is 24.3 Å². The van der Waals surface area contributed by atoms with Crippen molar-refractivity contribution in [2.75, 3.05) is 26.4 Å². The number of amides is 1. The normalized spacial score (nSPS) is 10.2. The third-order valence-corrected chi connectivity index (χ3v) is 2.83. The molecule has 1 amide bonds. The van der Waals surface area contributed by atoms with Gasteiger partial charge in [0.05, 0.1) is 13.2 Å². The van der Waals surface area contributed by atoms with Crippen molar-refractivity contribution in [3.8, 4) is 5.75 Å². The van der Waals surface area contributed by atoms with E-state index in [1.165, 1.54) is 6.92 Å². The summed E-state index contributed by atoms with van der Waals surface area (Å²) in [6.45, 7) is 5.61. The van der Waals surface area contributed by atoms with Crippen molar-refractivity contribution in [2.45, 2.75) is 26.7 Å². The van der Waals surface area contributed by atoms with Crippen molar-refractivity contribution in [1.29, 1.82) is 0 Å². The molecule has 0 atom stereocenters. The summed E-state index contributed by atoms with van der Waals surface area (Å²) in [5.41, 5.74) is 0.626. The molecule has 0 heterocycles. The monoisotopic (exact) mass is 293 g/mol. The van der Waals surface area contributed by atoms with Crippen LogP contribution in [0.3, 0.4) is 0 Å². The van der Waals surface area contributed by atoms with E-state index in [-0.39, 0.29) is 11.7 Å². The Morgan fingerprint density at radius 1 is 1.24 bits per heavy atom. The second kappa shape index (κ2) is 9.94. The predicted molar refractivity (Wildman–Crippen MR) is 80.7 cm³/mol. The highest BCUT2D eigenvalue weighted by molar-refractivity contribution is 5.94. The molecule has 116 valence electrons. The van der Waals surface area contributed by atoms with Crippen molar-refractivity contribution in [3.63, 3.8) is 0 Å². The molecule has 1 rings (SSSR count). The first-order chi connectivity index (χ1) is 10.1. The van der Waals surface area contributed by atoms with Crippen molar-refractivity contribution in [1.82, 2.24) is 5.32 Å². The molecule has 0 saturated heterocycles. The van der Waals surface area contributed by atoms with Crippen molar-refractivity contribution in [2.24, 2.45) is 0 Å². The molecular formula is C16H23NO4. The fourth-order valence-corrected chi connectivity index (χ4v) is 1.72. The Kier molecular flexibility index (Phi) is 8.12. The van der Waals surface area contributed by atoms with Crippen LogP contribution in [0.2, 0.25) is 0 Å². The second-order valence-electron chi connectivity index (χ2n) is 4.58. The van der Waals surface area contributed by atoms with Gasteiger partial charge in [-0.15, -0.1) is 0 Å². The van der Waals surface area contributed by atoms with Gasteiger partial charge >= 0.3 is 0 Å². The summed E-state index contributed by atoms with van der Waals surface area (Å²) < 4.78 is 10.7. The van der Waals surface area contributed by atoms with E-state index in [9.17, 15) is 9.59 Å². The number of ether oxygens (including phenoxy) is 2. The van der Waals surface area contributed by atoms with Gasteiger partial charge in [-0.25, -0.2) is 0 Å². The van der Waals surface area contributed by atoms with E-state index < -0.39 is 0 Å². The Hall–Kier alpha value is -1.88. The summed E-state index contributed by atoms with van der Waals surface area (Å²) in [5, 5.41) is 2.78. The first-order valence-electron chi connectivity index (χ1n) is 7.21. The predicted octanol–water partition coefficient (Wildman–Crippen LogP) is 2.20.